The largest absolute Gasteiger partial charge is 0.478 e. The molecule has 0 heterocycles. The molecule has 0 radical (unpaired) electrons. The van der Waals surface area contributed by atoms with E-state index >= 15 is 0 Å². The molecular weight excluding hydrogens is 330 g/mol. The van der Waals surface area contributed by atoms with E-state index in [1.807, 2.05) is 0 Å². The van der Waals surface area contributed by atoms with Gasteiger partial charge in [0, 0.05) is 12.2 Å². The first-order chi connectivity index (χ1) is 12.6. The van der Waals surface area contributed by atoms with Crippen LogP contribution in [0.15, 0.2) is 18.2 Å². The summed E-state index contributed by atoms with van der Waals surface area (Å²) < 4.78 is 0. The van der Waals surface area contributed by atoms with Gasteiger partial charge in [0.2, 0.25) is 0 Å². The number of aromatic carboxylic acids is 2. The number of nitrogens with one attached hydrogen (secondary N) is 1. The number of anilines is 1. The average Bonchev–Trinajstić information content (AvgIpc) is 2.62. The van der Waals surface area contributed by atoms with Crippen molar-refractivity contribution in [3.05, 3.63) is 29.3 Å². The van der Waals surface area contributed by atoms with Gasteiger partial charge in [0.05, 0.1) is 11.1 Å². The molecular formula is C21H33NO4. The van der Waals surface area contributed by atoms with Gasteiger partial charge in [-0.05, 0) is 24.6 Å². The van der Waals surface area contributed by atoms with Gasteiger partial charge in [0.25, 0.3) is 0 Å². The van der Waals surface area contributed by atoms with Gasteiger partial charge in [-0.15, -0.1) is 0 Å². The van der Waals surface area contributed by atoms with Crippen molar-refractivity contribution >= 4 is 17.6 Å². The van der Waals surface area contributed by atoms with Gasteiger partial charge in [-0.25, -0.2) is 9.59 Å². The topological polar surface area (TPSA) is 86.6 Å². The van der Waals surface area contributed by atoms with Crippen molar-refractivity contribution in [1.82, 2.24) is 0 Å². The highest BCUT2D eigenvalue weighted by Gasteiger charge is 2.16. The standard InChI is InChI=1S/C21H33NO4/c1-2-3-4-5-6-7-8-9-10-11-12-15-22-17-13-14-18(20(23)24)19(16-17)21(25)26/h13-14,16,22H,2-12,15H2,1H3,(H,23,24)(H,25,26). The van der Waals surface area contributed by atoms with Crippen molar-refractivity contribution in [3.63, 3.8) is 0 Å². The first-order valence-corrected chi connectivity index (χ1v) is 9.90. The molecule has 1 aromatic rings. The van der Waals surface area contributed by atoms with Crippen LogP contribution in [0, 0.1) is 0 Å². The highest BCUT2D eigenvalue weighted by Crippen LogP contribution is 2.17. The van der Waals surface area contributed by atoms with Crippen molar-refractivity contribution in [2.24, 2.45) is 0 Å². The molecule has 0 saturated carbocycles. The average molecular weight is 363 g/mol. The summed E-state index contributed by atoms with van der Waals surface area (Å²) in [4.78, 5) is 22.2. The van der Waals surface area contributed by atoms with Gasteiger partial charge in [0.15, 0.2) is 0 Å². The molecule has 0 amide bonds. The van der Waals surface area contributed by atoms with E-state index in [-0.39, 0.29) is 11.1 Å². The zero-order chi connectivity index (χ0) is 19.2. The molecule has 146 valence electrons. The van der Waals surface area contributed by atoms with Crippen LogP contribution >= 0.6 is 0 Å². The predicted molar refractivity (Wildman–Crippen MR) is 105 cm³/mol. The molecule has 0 spiro atoms. The number of rotatable bonds is 15. The molecule has 3 N–H and O–H groups in total. The molecule has 0 aliphatic carbocycles. The number of unbranched alkanes of at least 4 members (excludes halogenated alkanes) is 10. The Kier molecular flexibility index (Phi) is 11.2. The van der Waals surface area contributed by atoms with Gasteiger partial charge in [-0.3, -0.25) is 0 Å². The summed E-state index contributed by atoms with van der Waals surface area (Å²) in [6.07, 6.45) is 14.1. The van der Waals surface area contributed by atoms with Crippen molar-refractivity contribution in [2.75, 3.05) is 11.9 Å². The predicted octanol–water partition coefficient (Wildman–Crippen LogP) is 5.81. The lowest BCUT2D eigenvalue weighted by Gasteiger charge is -2.09. The fourth-order valence-electron chi connectivity index (χ4n) is 3.04. The Morgan fingerprint density at radius 1 is 0.769 bits per heavy atom. The molecule has 0 bridgehead atoms. The van der Waals surface area contributed by atoms with Crippen LogP contribution in [0.5, 0.6) is 0 Å². The first kappa shape index (κ1) is 22.0. The molecule has 5 heteroatoms. The Hall–Kier alpha value is -2.04. The monoisotopic (exact) mass is 363 g/mol. The third-order valence-corrected chi connectivity index (χ3v) is 4.59. The first-order valence-electron chi connectivity index (χ1n) is 9.90. The van der Waals surface area contributed by atoms with E-state index in [2.05, 4.69) is 12.2 Å². The Morgan fingerprint density at radius 2 is 1.27 bits per heavy atom. The van der Waals surface area contributed by atoms with Crippen LogP contribution in [0.4, 0.5) is 5.69 Å². The van der Waals surface area contributed by atoms with Crippen LogP contribution in [0.2, 0.25) is 0 Å². The molecule has 1 aromatic carbocycles. The van der Waals surface area contributed by atoms with Gasteiger partial charge < -0.3 is 15.5 Å². The second kappa shape index (κ2) is 13.2. The van der Waals surface area contributed by atoms with Crippen molar-refractivity contribution < 1.29 is 19.8 Å². The molecule has 0 aliphatic heterocycles. The van der Waals surface area contributed by atoms with Gasteiger partial charge >= 0.3 is 11.9 Å². The Morgan fingerprint density at radius 3 is 1.77 bits per heavy atom. The third kappa shape index (κ3) is 8.88. The van der Waals surface area contributed by atoms with E-state index in [0.717, 1.165) is 19.4 Å². The summed E-state index contributed by atoms with van der Waals surface area (Å²) in [7, 11) is 0. The third-order valence-electron chi connectivity index (χ3n) is 4.59. The lowest BCUT2D eigenvalue weighted by atomic mass is 10.1. The summed E-state index contributed by atoms with van der Waals surface area (Å²) in [5.41, 5.74) is 0.290. The van der Waals surface area contributed by atoms with Crippen molar-refractivity contribution in [2.45, 2.75) is 77.6 Å². The highest BCUT2D eigenvalue weighted by atomic mass is 16.4. The van der Waals surface area contributed by atoms with E-state index < -0.39 is 11.9 Å². The lowest BCUT2D eigenvalue weighted by Crippen LogP contribution is -2.09. The van der Waals surface area contributed by atoms with Crippen LogP contribution < -0.4 is 5.32 Å². The smallest absolute Gasteiger partial charge is 0.336 e. The SMILES string of the molecule is CCCCCCCCCCCCCNc1ccc(C(=O)O)c(C(=O)O)c1. The minimum Gasteiger partial charge on any atom is -0.478 e. The summed E-state index contributed by atoms with van der Waals surface area (Å²) in [6, 6.07) is 4.35. The fraction of sp³-hybridized carbons (Fsp3) is 0.619. The second-order valence-corrected chi connectivity index (χ2v) is 6.83. The number of carbonyl (C=O) groups is 2. The molecule has 0 unspecified atom stereocenters. The molecule has 0 atom stereocenters. The quantitative estimate of drug-likeness (QED) is 0.342. The van der Waals surface area contributed by atoms with Crippen LogP contribution in [0.25, 0.3) is 0 Å². The Balaban J connectivity index is 2.14. The summed E-state index contributed by atoms with van der Waals surface area (Å²) >= 11 is 0. The maximum Gasteiger partial charge on any atom is 0.336 e. The van der Waals surface area contributed by atoms with Crippen LogP contribution in [0.3, 0.4) is 0 Å². The molecule has 0 aliphatic rings. The van der Waals surface area contributed by atoms with Crippen LogP contribution in [-0.2, 0) is 0 Å². The maximum atomic E-state index is 11.2. The molecule has 0 saturated heterocycles. The van der Waals surface area contributed by atoms with E-state index in [9.17, 15) is 9.59 Å². The number of carboxylic acid groups (broad SMARTS) is 2. The van der Waals surface area contributed by atoms with Crippen molar-refractivity contribution in [3.8, 4) is 0 Å². The van der Waals surface area contributed by atoms with Gasteiger partial charge in [-0.2, -0.15) is 0 Å². The van der Waals surface area contributed by atoms with Crippen LogP contribution in [0.1, 0.15) is 98.3 Å². The normalized spacial score (nSPS) is 10.7. The number of hydrogen-bond acceptors (Lipinski definition) is 3. The number of carboxylic acids is 2. The molecule has 0 aromatic heterocycles. The molecule has 26 heavy (non-hydrogen) atoms. The minimum absolute atomic E-state index is 0.179. The fourth-order valence-corrected chi connectivity index (χ4v) is 3.04. The summed E-state index contributed by atoms with van der Waals surface area (Å²) in [6.45, 7) is 3.01. The number of benzene rings is 1. The highest BCUT2D eigenvalue weighted by molar-refractivity contribution is 6.02. The summed E-state index contributed by atoms with van der Waals surface area (Å²) in [5.74, 6) is -2.44. The lowest BCUT2D eigenvalue weighted by molar-refractivity contribution is 0.0651. The minimum atomic E-state index is -1.22. The van der Waals surface area contributed by atoms with Gasteiger partial charge in [0.1, 0.15) is 0 Å². The van der Waals surface area contributed by atoms with E-state index in [4.69, 9.17) is 10.2 Å². The number of hydrogen-bond donors (Lipinski definition) is 3. The van der Waals surface area contributed by atoms with E-state index in [1.54, 1.807) is 6.07 Å². The van der Waals surface area contributed by atoms with E-state index in [0.29, 0.717) is 5.69 Å². The van der Waals surface area contributed by atoms with Crippen LogP contribution in [-0.4, -0.2) is 28.7 Å². The molecule has 5 nitrogen and oxygen atoms in total. The van der Waals surface area contributed by atoms with Crippen molar-refractivity contribution in [1.29, 1.82) is 0 Å². The Labute approximate surface area is 156 Å². The molecule has 0 fully saturated rings. The summed E-state index contributed by atoms with van der Waals surface area (Å²) in [5, 5.41) is 21.3. The maximum absolute atomic E-state index is 11.2. The Bertz CT molecular complexity index is 557. The zero-order valence-corrected chi connectivity index (χ0v) is 15.9. The second-order valence-electron chi connectivity index (χ2n) is 6.83. The van der Waals surface area contributed by atoms with E-state index in [1.165, 1.54) is 69.9 Å². The van der Waals surface area contributed by atoms with Gasteiger partial charge in [-0.1, -0.05) is 71.1 Å². The zero-order valence-electron chi connectivity index (χ0n) is 15.9. The molecule has 1 rings (SSSR count).